The molecule has 0 aliphatic heterocycles. The predicted octanol–water partition coefficient (Wildman–Crippen LogP) is 3.40. The van der Waals surface area contributed by atoms with Gasteiger partial charge in [0.25, 0.3) is 5.91 Å². The number of methoxy groups -OCH3 is 2. The topological polar surface area (TPSA) is 90.6 Å². The molecule has 0 fully saturated rings. The molecule has 0 aliphatic rings. The van der Waals surface area contributed by atoms with E-state index in [-0.39, 0.29) is 5.91 Å². The highest BCUT2D eigenvalue weighted by Crippen LogP contribution is 2.32. The largest absolute Gasteiger partial charge is 0.467 e. The highest BCUT2D eigenvalue weighted by molar-refractivity contribution is 6.07. The minimum absolute atomic E-state index is 0.313. The highest BCUT2D eigenvalue weighted by atomic mass is 16.5. The van der Waals surface area contributed by atoms with E-state index in [4.69, 9.17) is 15.2 Å². The Hall–Kier alpha value is -3.38. The summed E-state index contributed by atoms with van der Waals surface area (Å²) in [6, 6.07) is 18.2. The van der Waals surface area contributed by atoms with Crippen molar-refractivity contribution in [2.45, 2.75) is 12.5 Å². The van der Waals surface area contributed by atoms with E-state index in [1.54, 1.807) is 18.2 Å². The Balaban J connectivity index is 2.02. The van der Waals surface area contributed by atoms with E-state index >= 15 is 0 Å². The minimum Gasteiger partial charge on any atom is -0.467 e. The second-order valence-corrected chi connectivity index (χ2v) is 6.66. The number of nitrogen functional groups attached to an aromatic ring is 1. The van der Waals surface area contributed by atoms with Crippen molar-refractivity contribution in [3.8, 4) is 11.1 Å². The summed E-state index contributed by atoms with van der Waals surface area (Å²) < 4.78 is 9.84. The van der Waals surface area contributed by atoms with Gasteiger partial charge in [-0.3, -0.25) is 4.79 Å². The van der Waals surface area contributed by atoms with Gasteiger partial charge in [0, 0.05) is 31.4 Å². The van der Waals surface area contributed by atoms with Crippen LogP contribution >= 0.6 is 0 Å². The fourth-order valence-electron chi connectivity index (χ4n) is 3.31. The van der Waals surface area contributed by atoms with Crippen LogP contribution in [0.3, 0.4) is 0 Å². The Kier molecular flexibility index (Phi) is 6.46. The van der Waals surface area contributed by atoms with Crippen molar-refractivity contribution >= 4 is 28.3 Å². The van der Waals surface area contributed by atoms with Crippen molar-refractivity contribution in [2.24, 2.45) is 0 Å². The number of rotatable bonds is 7. The first-order chi connectivity index (χ1) is 14.0. The molecule has 3 rings (SSSR count). The molecule has 1 atom stereocenters. The molecule has 3 N–H and O–H groups in total. The zero-order valence-corrected chi connectivity index (χ0v) is 16.5. The molecule has 6 heteroatoms. The molecule has 0 radical (unpaired) electrons. The van der Waals surface area contributed by atoms with Crippen LogP contribution in [0.4, 0.5) is 5.69 Å². The van der Waals surface area contributed by atoms with Crippen molar-refractivity contribution in [3.05, 3.63) is 66.2 Å². The van der Waals surface area contributed by atoms with Crippen LogP contribution in [0.15, 0.2) is 60.7 Å². The molecule has 1 amide bonds. The summed E-state index contributed by atoms with van der Waals surface area (Å²) in [5.41, 5.74) is 8.60. The molecular formula is C23H24N2O4. The molecule has 3 aromatic carbocycles. The first kappa shape index (κ1) is 20.4. The number of carbonyl (C=O) groups is 2. The molecule has 0 bridgehead atoms. The van der Waals surface area contributed by atoms with Gasteiger partial charge >= 0.3 is 5.97 Å². The number of hydrogen-bond acceptors (Lipinski definition) is 5. The standard InChI is InChI=1S/C23H24N2O4/c1-28-13-12-21(23(27)29-2)25-22(26)19-11-10-16(24)14-20(19)18-9-5-7-15-6-3-4-8-17(15)18/h3-11,14,21H,12-13,24H2,1-2H3,(H,25,26)/t21-/m0/s1. The number of benzene rings is 3. The van der Waals surface area contributed by atoms with Gasteiger partial charge in [0.2, 0.25) is 0 Å². The Labute approximate surface area is 169 Å². The zero-order valence-electron chi connectivity index (χ0n) is 16.5. The van der Waals surface area contributed by atoms with Gasteiger partial charge in [0.15, 0.2) is 0 Å². The lowest BCUT2D eigenvalue weighted by Gasteiger charge is -2.18. The Morgan fingerprint density at radius 2 is 1.76 bits per heavy atom. The molecule has 150 valence electrons. The van der Waals surface area contributed by atoms with Crippen LogP contribution in [0.2, 0.25) is 0 Å². The molecular weight excluding hydrogens is 368 g/mol. The van der Waals surface area contributed by atoms with Crippen molar-refractivity contribution < 1.29 is 19.1 Å². The summed E-state index contributed by atoms with van der Waals surface area (Å²) in [4.78, 5) is 25.1. The highest BCUT2D eigenvalue weighted by Gasteiger charge is 2.24. The molecule has 0 aliphatic carbocycles. The number of nitrogens with one attached hydrogen (secondary N) is 1. The normalized spacial score (nSPS) is 11.8. The minimum atomic E-state index is -0.801. The Bertz CT molecular complexity index is 1030. The first-order valence-electron chi connectivity index (χ1n) is 9.30. The number of fused-ring (bicyclic) bond motifs is 1. The second kappa shape index (κ2) is 9.21. The van der Waals surface area contributed by atoms with Gasteiger partial charge in [0.05, 0.1) is 7.11 Å². The average molecular weight is 392 g/mol. The molecule has 3 aromatic rings. The van der Waals surface area contributed by atoms with E-state index in [1.807, 2.05) is 42.5 Å². The quantitative estimate of drug-likeness (QED) is 0.475. The lowest BCUT2D eigenvalue weighted by Crippen LogP contribution is -2.42. The third-order valence-corrected chi connectivity index (χ3v) is 4.77. The van der Waals surface area contributed by atoms with E-state index in [1.165, 1.54) is 14.2 Å². The number of esters is 1. The van der Waals surface area contributed by atoms with Crippen LogP contribution in [0.5, 0.6) is 0 Å². The van der Waals surface area contributed by atoms with E-state index in [9.17, 15) is 9.59 Å². The van der Waals surface area contributed by atoms with Gasteiger partial charge in [-0.25, -0.2) is 4.79 Å². The van der Waals surface area contributed by atoms with Gasteiger partial charge < -0.3 is 20.5 Å². The third-order valence-electron chi connectivity index (χ3n) is 4.77. The van der Waals surface area contributed by atoms with E-state index in [0.717, 1.165) is 16.3 Å². The maximum absolute atomic E-state index is 13.1. The SMILES string of the molecule is COCC[C@H](NC(=O)c1ccc(N)cc1-c1cccc2ccccc12)C(=O)OC. The molecule has 0 unspecified atom stereocenters. The summed E-state index contributed by atoms with van der Waals surface area (Å²) in [5, 5.41) is 4.84. The van der Waals surface area contributed by atoms with E-state index in [0.29, 0.717) is 29.8 Å². The van der Waals surface area contributed by atoms with E-state index < -0.39 is 12.0 Å². The second-order valence-electron chi connectivity index (χ2n) is 6.66. The summed E-state index contributed by atoms with van der Waals surface area (Å²) in [7, 11) is 2.83. The maximum atomic E-state index is 13.1. The maximum Gasteiger partial charge on any atom is 0.328 e. The summed E-state index contributed by atoms with van der Waals surface area (Å²) in [5.74, 6) is -0.892. The number of carbonyl (C=O) groups excluding carboxylic acids is 2. The number of ether oxygens (including phenoxy) is 2. The lowest BCUT2D eigenvalue weighted by molar-refractivity contribution is -0.143. The number of amides is 1. The van der Waals surface area contributed by atoms with Gasteiger partial charge in [-0.05, 0) is 40.1 Å². The van der Waals surface area contributed by atoms with Crippen molar-refractivity contribution in [1.82, 2.24) is 5.32 Å². The van der Waals surface area contributed by atoms with Crippen molar-refractivity contribution in [2.75, 3.05) is 26.6 Å². The van der Waals surface area contributed by atoms with Gasteiger partial charge in [0.1, 0.15) is 6.04 Å². The van der Waals surface area contributed by atoms with Crippen molar-refractivity contribution in [3.63, 3.8) is 0 Å². The molecule has 0 saturated carbocycles. The van der Waals surface area contributed by atoms with Gasteiger partial charge in [-0.1, -0.05) is 42.5 Å². The van der Waals surface area contributed by atoms with Crippen molar-refractivity contribution in [1.29, 1.82) is 0 Å². The van der Waals surface area contributed by atoms with Crippen LogP contribution in [0.1, 0.15) is 16.8 Å². The molecule has 29 heavy (non-hydrogen) atoms. The zero-order chi connectivity index (χ0) is 20.8. The summed E-state index contributed by atoms with van der Waals surface area (Å²) in [6.45, 7) is 0.317. The smallest absolute Gasteiger partial charge is 0.328 e. The number of hydrogen-bond donors (Lipinski definition) is 2. The molecule has 0 heterocycles. The summed E-state index contributed by atoms with van der Waals surface area (Å²) >= 11 is 0. The fraction of sp³-hybridized carbons (Fsp3) is 0.217. The monoisotopic (exact) mass is 392 g/mol. The van der Waals surface area contributed by atoms with E-state index in [2.05, 4.69) is 5.32 Å². The van der Waals surface area contributed by atoms with Gasteiger partial charge in [-0.2, -0.15) is 0 Å². The molecule has 0 spiro atoms. The summed E-state index contributed by atoms with van der Waals surface area (Å²) in [6.07, 6.45) is 0.313. The molecule has 6 nitrogen and oxygen atoms in total. The van der Waals surface area contributed by atoms with Crippen LogP contribution in [0.25, 0.3) is 21.9 Å². The predicted molar refractivity (Wildman–Crippen MR) is 114 cm³/mol. The first-order valence-corrected chi connectivity index (χ1v) is 9.30. The van der Waals surface area contributed by atoms with Crippen LogP contribution in [-0.2, 0) is 14.3 Å². The molecule has 0 saturated heterocycles. The van der Waals surface area contributed by atoms with Gasteiger partial charge in [-0.15, -0.1) is 0 Å². The molecule has 0 aromatic heterocycles. The average Bonchev–Trinajstić information content (AvgIpc) is 2.75. The Morgan fingerprint density at radius 3 is 2.52 bits per heavy atom. The number of anilines is 1. The lowest BCUT2D eigenvalue weighted by atomic mass is 9.93. The van der Waals surface area contributed by atoms with Crippen LogP contribution in [-0.4, -0.2) is 38.7 Å². The van der Waals surface area contributed by atoms with Crippen LogP contribution in [0, 0.1) is 0 Å². The van der Waals surface area contributed by atoms with Crippen LogP contribution < -0.4 is 11.1 Å². The number of nitrogens with two attached hydrogens (primary N) is 1. The third kappa shape index (κ3) is 4.55. The fourth-order valence-corrected chi connectivity index (χ4v) is 3.31. The Morgan fingerprint density at radius 1 is 1.00 bits per heavy atom.